The van der Waals surface area contributed by atoms with E-state index in [9.17, 15) is 29.6 Å². The van der Waals surface area contributed by atoms with Gasteiger partial charge in [-0.15, -0.1) is 0 Å². The molecule has 4 rings (SSSR count). The Balaban J connectivity index is 1.78. The fourth-order valence-electron chi connectivity index (χ4n) is 3.97. The highest BCUT2D eigenvalue weighted by Gasteiger charge is 2.47. The lowest BCUT2D eigenvalue weighted by Gasteiger charge is -2.24. The lowest BCUT2D eigenvalue weighted by Crippen LogP contribution is -2.29. The topological polar surface area (TPSA) is 140 Å². The first-order valence-electron chi connectivity index (χ1n) is 11.0. The standard InChI is InChI=1S/C26H21N3O7/c1-2-36-21(30)15-16-6-10-18(11-7-16)28-23(20-5-3-4-14-27-20)22(25(32)26(28)33)24(31)17-8-12-19(13-9-17)29(34)35/h3-14,23,31H,2,15H2,1H3/b24-22-. The van der Waals surface area contributed by atoms with Crippen molar-refractivity contribution in [2.75, 3.05) is 11.5 Å². The Morgan fingerprint density at radius 1 is 1.08 bits per heavy atom. The summed E-state index contributed by atoms with van der Waals surface area (Å²) in [6.45, 7) is 1.98. The number of amides is 1. The number of aliphatic hydroxyl groups is 1. The van der Waals surface area contributed by atoms with Gasteiger partial charge < -0.3 is 9.84 Å². The molecule has 3 aromatic rings. The Morgan fingerprint density at radius 2 is 1.78 bits per heavy atom. The number of aliphatic hydroxyl groups excluding tert-OH is 1. The molecule has 1 aromatic heterocycles. The summed E-state index contributed by atoms with van der Waals surface area (Å²) in [6, 6.07) is 15.5. The SMILES string of the molecule is CCOC(=O)Cc1ccc(N2C(=O)C(=O)/C(=C(\O)c3ccc([N+](=O)[O-])cc3)C2c2ccccn2)cc1. The molecule has 1 saturated heterocycles. The van der Waals surface area contributed by atoms with Crippen LogP contribution in [0.25, 0.3) is 5.76 Å². The van der Waals surface area contributed by atoms with Crippen molar-refractivity contribution in [3.8, 4) is 0 Å². The number of nitro groups is 1. The van der Waals surface area contributed by atoms with E-state index in [0.717, 1.165) is 0 Å². The number of ketones is 1. The summed E-state index contributed by atoms with van der Waals surface area (Å²) in [7, 11) is 0. The summed E-state index contributed by atoms with van der Waals surface area (Å²) < 4.78 is 4.96. The van der Waals surface area contributed by atoms with Gasteiger partial charge in [-0.05, 0) is 48.9 Å². The highest BCUT2D eigenvalue weighted by atomic mass is 16.6. The number of carbonyl (C=O) groups excluding carboxylic acids is 3. The van der Waals surface area contributed by atoms with Gasteiger partial charge in [0.15, 0.2) is 0 Å². The van der Waals surface area contributed by atoms with Gasteiger partial charge in [0.05, 0.1) is 29.2 Å². The molecule has 36 heavy (non-hydrogen) atoms. The number of nitro benzene ring substituents is 1. The minimum absolute atomic E-state index is 0.0523. The molecule has 1 atom stereocenters. The first-order valence-corrected chi connectivity index (χ1v) is 11.0. The number of hydrogen-bond acceptors (Lipinski definition) is 8. The summed E-state index contributed by atoms with van der Waals surface area (Å²) in [6.07, 6.45) is 1.56. The summed E-state index contributed by atoms with van der Waals surface area (Å²) >= 11 is 0. The molecule has 0 aliphatic carbocycles. The van der Waals surface area contributed by atoms with Gasteiger partial charge in [-0.25, -0.2) is 0 Å². The molecule has 1 unspecified atom stereocenters. The van der Waals surface area contributed by atoms with Gasteiger partial charge >= 0.3 is 5.97 Å². The van der Waals surface area contributed by atoms with Gasteiger partial charge in [0, 0.05) is 29.6 Å². The van der Waals surface area contributed by atoms with Crippen molar-refractivity contribution >= 4 is 34.8 Å². The summed E-state index contributed by atoms with van der Waals surface area (Å²) in [5.41, 5.74) is 1.14. The molecule has 0 radical (unpaired) electrons. The number of aromatic nitrogens is 1. The third kappa shape index (κ3) is 4.69. The number of pyridine rings is 1. The number of carbonyl (C=O) groups is 3. The Kier molecular flexibility index (Phi) is 6.86. The maximum absolute atomic E-state index is 13.2. The number of ether oxygens (including phenoxy) is 1. The normalized spacial score (nSPS) is 16.7. The molecule has 182 valence electrons. The molecule has 1 N–H and O–H groups in total. The quantitative estimate of drug-likeness (QED) is 0.133. The van der Waals surface area contributed by atoms with E-state index in [1.54, 1.807) is 49.4 Å². The van der Waals surface area contributed by atoms with Gasteiger partial charge in [0.2, 0.25) is 0 Å². The third-order valence-electron chi connectivity index (χ3n) is 5.63. The molecule has 0 spiro atoms. The lowest BCUT2D eigenvalue weighted by atomic mass is 9.98. The second kappa shape index (κ2) is 10.2. The van der Waals surface area contributed by atoms with Crippen molar-refractivity contribution in [2.45, 2.75) is 19.4 Å². The highest BCUT2D eigenvalue weighted by molar-refractivity contribution is 6.51. The molecule has 0 saturated carbocycles. The minimum atomic E-state index is -1.04. The first kappa shape index (κ1) is 24.3. The zero-order chi connectivity index (χ0) is 25.8. The van der Waals surface area contributed by atoms with E-state index in [0.29, 0.717) is 16.9 Å². The second-order valence-corrected chi connectivity index (χ2v) is 7.88. The van der Waals surface area contributed by atoms with E-state index in [1.165, 1.54) is 35.4 Å². The van der Waals surface area contributed by atoms with Gasteiger partial charge in [-0.3, -0.25) is 34.4 Å². The number of Topliss-reactive ketones (excluding diaryl/α,β-unsaturated/α-hetero) is 1. The Morgan fingerprint density at radius 3 is 2.36 bits per heavy atom. The van der Waals surface area contributed by atoms with E-state index in [1.807, 2.05) is 0 Å². The van der Waals surface area contributed by atoms with E-state index < -0.39 is 28.4 Å². The van der Waals surface area contributed by atoms with E-state index in [2.05, 4.69) is 4.98 Å². The predicted octanol–water partition coefficient (Wildman–Crippen LogP) is 3.72. The number of non-ortho nitro benzene ring substituents is 1. The highest BCUT2D eigenvalue weighted by Crippen LogP contribution is 2.41. The maximum Gasteiger partial charge on any atom is 0.310 e. The van der Waals surface area contributed by atoms with Crippen LogP contribution in [0.2, 0.25) is 0 Å². The van der Waals surface area contributed by atoms with Crippen LogP contribution in [0.1, 0.15) is 29.8 Å². The molecule has 1 amide bonds. The van der Waals surface area contributed by atoms with Crippen LogP contribution in [0.4, 0.5) is 11.4 Å². The van der Waals surface area contributed by atoms with Crippen molar-refractivity contribution in [1.29, 1.82) is 0 Å². The Hall–Kier alpha value is -4.86. The van der Waals surface area contributed by atoms with Crippen LogP contribution in [0.5, 0.6) is 0 Å². The molecule has 0 bridgehead atoms. The van der Waals surface area contributed by atoms with Crippen molar-refractivity contribution in [3.05, 3.63) is 105 Å². The van der Waals surface area contributed by atoms with Crippen LogP contribution < -0.4 is 4.90 Å². The number of hydrogen-bond donors (Lipinski definition) is 1. The zero-order valence-electron chi connectivity index (χ0n) is 19.2. The second-order valence-electron chi connectivity index (χ2n) is 7.88. The molecule has 2 aromatic carbocycles. The summed E-state index contributed by atoms with van der Waals surface area (Å²) in [5, 5.41) is 22.0. The van der Waals surface area contributed by atoms with Crippen LogP contribution in [0.3, 0.4) is 0 Å². The molecule has 2 heterocycles. The predicted molar refractivity (Wildman–Crippen MR) is 129 cm³/mol. The van der Waals surface area contributed by atoms with Crippen molar-refractivity contribution in [1.82, 2.24) is 4.98 Å². The van der Waals surface area contributed by atoms with Gasteiger partial charge in [-0.2, -0.15) is 0 Å². The molecule has 1 aliphatic heterocycles. The number of rotatable bonds is 7. The molecule has 10 nitrogen and oxygen atoms in total. The smallest absolute Gasteiger partial charge is 0.310 e. The molecular formula is C26H21N3O7. The van der Waals surface area contributed by atoms with Gasteiger partial charge in [-0.1, -0.05) is 18.2 Å². The molecule has 1 fully saturated rings. The van der Waals surface area contributed by atoms with Crippen LogP contribution >= 0.6 is 0 Å². The average molecular weight is 487 g/mol. The molecular weight excluding hydrogens is 466 g/mol. The maximum atomic E-state index is 13.2. The number of nitrogens with zero attached hydrogens (tertiary/aromatic N) is 3. The Bertz CT molecular complexity index is 1350. The summed E-state index contributed by atoms with van der Waals surface area (Å²) in [4.78, 5) is 54.0. The lowest BCUT2D eigenvalue weighted by molar-refractivity contribution is -0.384. The van der Waals surface area contributed by atoms with E-state index in [-0.39, 0.29) is 35.8 Å². The minimum Gasteiger partial charge on any atom is -0.507 e. The van der Waals surface area contributed by atoms with Gasteiger partial charge in [0.1, 0.15) is 11.8 Å². The molecule has 1 aliphatic rings. The summed E-state index contributed by atoms with van der Waals surface area (Å²) in [5.74, 6) is -2.65. The monoisotopic (exact) mass is 487 g/mol. The zero-order valence-corrected chi connectivity index (χ0v) is 19.2. The average Bonchev–Trinajstić information content (AvgIpc) is 3.15. The first-order chi connectivity index (χ1) is 17.3. The third-order valence-corrected chi connectivity index (χ3v) is 5.63. The van der Waals surface area contributed by atoms with E-state index >= 15 is 0 Å². The van der Waals surface area contributed by atoms with Crippen LogP contribution in [0, 0.1) is 10.1 Å². The number of benzene rings is 2. The van der Waals surface area contributed by atoms with Crippen molar-refractivity contribution in [3.63, 3.8) is 0 Å². The van der Waals surface area contributed by atoms with Crippen LogP contribution in [-0.4, -0.2) is 39.3 Å². The van der Waals surface area contributed by atoms with Crippen molar-refractivity contribution < 1.29 is 29.2 Å². The molecule has 10 heteroatoms. The largest absolute Gasteiger partial charge is 0.507 e. The fraction of sp³-hybridized carbons (Fsp3) is 0.154. The fourth-order valence-corrected chi connectivity index (χ4v) is 3.97. The van der Waals surface area contributed by atoms with Crippen LogP contribution in [0.15, 0.2) is 78.5 Å². The van der Waals surface area contributed by atoms with Crippen molar-refractivity contribution in [2.24, 2.45) is 0 Å². The Labute approximate surface area is 205 Å². The number of esters is 1. The van der Waals surface area contributed by atoms with E-state index in [4.69, 9.17) is 4.74 Å². The number of anilines is 1. The van der Waals surface area contributed by atoms with Crippen LogP contribution in [-0.2, 0) is 25.5 Å². The van der Waals surface area contributed by atoms with Gasteiger partial charge in [0.25, 0.3) is 17.4 Å².